The summed E-state index contributed by atoms with van der Waals surface area (Å²) in [5.41, 5.74) is 14.3. The Hall–Kier alpha value is -2.05. The number of carboxylic acid groups (broad SMARTS) is 2. The first-order chi connectivity index (χ1) is 22.3. The van der Waals surface area contributed by atoms with Crippen LogP contribution >= 0.6 is 0 Å². The van der Waals surface area contributed by atoms with Gasteiger partial charge in [-0.05, 0) is 99.9 Å². The maximum Gasteiger partial charge on any atom is 0.335 e. The summed E-state index contributed by atoms with van der Waals surface area (Å²) in [6.07, 6.45) is 27.2. The Kier molecular flexibility index (Phi) is 21.0. The van der Waals surface area contributed by atoms with E-state index in [0.717, 1.165) is 24.3 Å². The zero-order chi connectivity index (χ0) is 32.5. The van der Waals surface area contributed by atoms with Gasteiger partial charge in [-0.25, -0.2) is 42.4 Å². The van der Waals surface area contributed by atoms with Crippen molar-refractivity contribution in [3.05, 3.63) is 129 Å². The molecule has 0 bridgehead atoms. The Morgan fingerprint density at radius 3 is 1.16 bits per heavy atom. The molecule has 0 saturated heterocycles. The van der Waals surface area contributed by atoms with Gasteiger partial charge in [-0.1, -0.05) is 49.7 Å². The smallest absolute Gasteiger partial charge is 0.335 e. The maximum atomic E-state index is 12.2. The van der Waals surface area contributed by atoms with Gasteiger partial charge in [0.2, 0.25) is 0 Å². The van der Waals surface area contributed by atoms with Gasteiger partial charge in [0.15, 0.2) is 0 Å². The van der Waals surface area contributed by atoms with Crippen LogP contribution in [0.25, 0.3) is 0 Å². The van der Waals surface area contributed by atoms with Gasteiger partial charge in [-0.15, -0.1) is 24.0 Å². The third-order valence-electron chi connectivity index (χ3n) is 9.70. The average Bonchev–Trinajstić information content (AvgIpc) is 3.65. The second-order valence-corrected chi connectivity index (χ2v) is 12.8. The molecule has 50 heavy (non-hydrogen) atoms. The summed E-state index contributed by atoms with van der Waals surface area (Å²) in [6, 6.07) is 9.34. The van der Waals surface area contributed by atoms with E-state index in [1.165, 1.54) is 127 Å². The van der Waals surface area contributed by atoms with Crippen molar-refractivity contribution in [2.45, 2.75) is 103 Å². The third-order valence-corrected chi connectivity index (χ3v) is 9.70. The summed E-state index contributed by atoms with van der Waals surface area (Å²) in [5, 5.41) is 16.7. The maximum absolute atomic E-state index is 12.2. The van der Waals surface area contributed by atoms with Gasteiger partial charge in [0.1, 0.15) is 11.6 Å². The van der Waals surface area contributed by atoms with Gasteiger partial charge in [0, 0.05) is 43.4 Å². The summed E-state index contributed by atoms with van der Waals surface area (Å²) >= 11 is 0. The van der Waals surface area contributed by atoms with Gasteiger partial charge in [0.05, 0.1) is 11.1 Å². The van der Waals surface area contributed by atoms with E-state index in [9.17, 15) is 18.4 Å². The molecule has 6 aliphatic carbocycles. The minimum atomic E-state index is -1.04. The number of benzene rings is 2. The van der Waals surface area contributed by atoms with Crippen LogP contribution in [0.15, 0.2) is 93.1 Å². The molecule has 0 aromatic heterocycles. The normalized spacial score (nSPS) is 17.8. The van der Waals surface area contributed by atoms with Gasteiger partial charge in [0.25, 0.3) is 0 Å². The van der Waals surface area contributed by atoms with Gasteiger partial charge < -0.3 is 35.0 Å². The molecule has 2 N–H and O–H groups in total. The molecule has 4 nitrogen and oxygen atoms in total. The van der Waals surface area contributed by atoms with E-state index in [2.05, 4.69) is 12.8 Å². The van der Waals surface area contributed by atoms with Crippen LogP contribution < -0.4 is 24.8 Å². The molecule has 6 aliphatic rings. The quantitative estimate of drug-likeness (QED) is 0.334. The first-order valence-corrected chi connectivity index (χ1v) is 16.8. The summed E-state index contributed by atoms with van der Waals surface area (Å²) in [5.74, 6) is -2.94. The van der Waals surface area contributed by atoms with Crippen molar-refractivity contribution in [1.29, 1.82) is 0 Å². The number of hydrogen-bond acceptors (Lipinski definition) is 2. The number of fused-ring (bicyclic) bond motifs is 2. The van der Waals surface area contributed by atoms with E-state index in [-0.39, 0.29) is 79.4 Å². The monoisotopic (exact) mass is 792 g/mol. The van der Waals surface area contributed by atoms with Crippen LogP contribution in [-0.2, 0) is 43.4 Å². The molecule has 2 aromatic rings. The molecule has 0 amide bonds. The SMILES string of the molecule is O=C(O)c1ccc(F)cc1.O=C(O)c1ccc(F)cc1.[CH-]1CCCC2=C1CC1=C2CCCC1.[CH-]1CCCC2=C1CC1=C2CCCC1.[Cl-].[Cl-].[Ti].[Ti]. The van der Waals surface area contributed by atoms with E-state index >= 15 is 0 Å². The fraction of sp³-hybridized carbons (Fsp3) is 0.400. The van der Waals surface area contributed by atoms with Crippen LogP contribution in [-0.4, -0.2) is 22.2 Å². The number of halogens is 4. The fourth-order valence-electron chi connectivity index (χ4n) is 7.42. The summed E-state index contributed by atoms with van der Waals surface area (Å²) in [6.45, 7) is 0. The number of aromatic carboxylic acids is 2. The van der Waals surface area contributed by atoms with Crippen LogP contribution in [0.5, 0.6) is 0 Å². The molecule has 0 unspecified atom stereocenters. The number of allylic oxidation sites excluding steroid dienone is 8. The molecule has 0 radical (unpaired) electrons. The number of rotatable bonds is 2. The summed E-state index contributed by atoms with van der Waals surface area (Å²) in [4.78, 5) is 20.4. The molecule has 8 rings (SSSR count). The second-order valence-electron chi connectivity index (χ2n) is 12.8. The van der Waals surface area contributed by atoms with Crippen molar-refractivity contribution in [2.24, 2.45) is 0 Å². The van der Waals surface area contributed by atoms with Crippen molar-refractivity contribution in [3.8, 4) is 0 Å². The Morgan fingerprint density at radius 1 is 0.500 bits per heavy atom. The third kappa shape index (κ3) is 12.6. The fourth-order valence-corrected chi connectivity index (χ4v) is 7.42. The van der Waals surface area contributed by atoms with Gasteiger partial charge >= 0.3 is 11.9 Å². The standard InChI is InChI=1S/2C13H17.2C7H5FO2.2ClH.2Ti/c2*1-3-7-12-10(5-1)9-11-6-2-4-8-13(11)12;2*8-6-3-1-5(2-4-6)7(9)10;;;;/h2*5H,1-4,6-9H2;2*1-4H,(H,9,10);2*1H;;/q2*-1;;;;;;/p-2. The van der Waals surface area contributed by atoms with E-state index < -0.39 is 23.6 Å². The van der Waals surface area contributed by atoms with Crippen molar-refractivity contribution >= 4 is 11.9 Å². The first kappa shape index (κ1) is 46.0. The molecular formula is C40H44Cl2F2O4Ti2-4. The van der Waals surface area contributed by atoms with Gasteiger partial charge in [-0.2, -0.15) is 11.1 Å². The average molecular weight is 793 g/mol. The van der Waals surface area contributed by atoms with Gasteiger partial charge in [-0.3, -0.25) is 0 Å². The Labute approximate surface area is 337 Å². The van der Waals surface area contributed by atoms with Crippen LogP contribution in [0.2, 0.25) is 0 Å². The Bertz CT molecular complexity index is 1390. The topological polar surface area (TPSA) is 74.6 Å². The number of carboxylic acids is 2. The molecule has 0 aliphatic heterocycles. The molecule has 10 heteroatoms. The molecule has 268 valence electrons. The number of carbonyl (C=O) groups is 2. The molecular weight excluding hydrogens is 749 g/mol. The van der Waals surface area contributed by atoms with E-state index in [4.69, 9.17) is 10.2 Å². The molecule has 0 heterocycles. The molecule has 0 atom stereocenters. The van der Waals surface area contributed by atoms with Crippen LogP contribution in [0.3, 0.4) is 0 Å². The number of hydrogen-bond donors (Lipinski definition) is 2. The molecule has 0 spiro atoms. The minimum absolute atomic E-state index is 0. The van der Waals surface area contributed by atoms with E-state index in [0.29, 0.717) is 0 Å². The predicted octanol–water partition coefficient (Wildman–Crippen LogP) is 4.94. The Balaban J connectivity index is 0.000000328. The molecule has 0 fully saturated rings. The van der Waals surface area contributed by atoms with Crippen LogP contribution in [0.4, 0.5) is 8.78 Å². The first-order valence-electron chi connectivity index (χ1n) is 16.8. The largest absolute Gasteiger partial charge is 1.00 e. The zero-order valence-corrected chi connectivity index (χ0v) is 32.9. The minimum Gasteiger partial charge on any atom is -1.00 e. The Morgan fingerprint density at radius 2 is 0.820 bits per heavy atom. The van der Waals surface area contributed by atoms with E-state index in [1.807, 2.05) is 0 Å². The van der Waals surface area contributed by atoms with Crippen molar-refractivity contribution in [1.82, 2.24) is 0 Å². The van der Waals surface area contributed by atoms with Crippen LogP contribution in [0.1, 0.15) is 123 Å². The van der Waals surface area contributed by atoms with Crippen molar-refractivity contribution in [2.75, 3.05) is 0 Å². The second kappa shape index (κ2) is 22.8. The van der Waals surface area contributed by atoms with Crippen LogP contribution in [0, 0.1) is 24.5 Å². The van der Waals surface area contributed by atoms with Crippen molar-refractivity contribution < 1.29 is 96.8 Å². The zero-order valence-electron chi connectivity index (χ0n) is 28.3. The van der Waals surface area contributed by atoms with E-state index in [1.54, 1.807) is 44.6 Å². The molecule has 2 aromatic carbocycles. The summed E-state index contributed by atoms with van der Waals surface area (Å²) < 4.78 is 24.3. The predicted molar refractivity (Wildman–Crippen MR) is 177 cm³/mol. The summed E-state index contributed by atoms with van der Waals surface area (Å²) in [7, 11) is 0. The van der Waals surface area contributed by atoms with Crippen molar-refractivity contribution in [3.63, 3.8) is 0 Å². The molecule has 0 saturated carbocycles.